The molecule has 1 aliphatic carbocycles. The minimum absolute atomic E-state index is 0.0494. The molecule has 3 aliphatic rings. The van der Waals surface area contributed by atoms with Gasteiger partial charge in [-0.15, -0.1) is 0 Å². The molecule has 32 heavy (non-hydrogen) atoms. The van der Waals surface area contributed by atoms with E-state index in [2.05, 4.69) is 27.6 Å². The second kappa shape index (κ2) is 7.08. The van der Waals surface area contributed by atoms with Crippen LogP contribution in [0.3, 0.4) is 0 Å². The molecule has 1 saturated heterocycles. The highest BCUT2D eigenvalue weighted by molar-refractivity contribution is 6.25. The first-order valence-corrected chi connectivity index (χ1v) is 11.5. The van der Waals surface area contributed by atoms with Crippen molar-refractivity contribution in [1.82, 2.24) is 14.7 Å². The Morgan fingerprint density at radius 1 is 1.19 bits per heavy atom. The molecule has 6 rings (SSSR count). The Morgan fingerprint density at radius 2 is 2.00 bits per heavy atom. The van der Waals surface area contributed by atoms with Crippen molar-refractivity contribution in [3.63, 3.8) is 0 Å². The molecule has 2 fully saturated rings. The van der Waals surface area contributed by atoms with Crippen LogP contribution < -0.4 is 10.6 Å². The molecule has 164 valence electrons. The maximum Gasteiger partial charge on any atom is 0.256 e. The highest BCUT2D eigenvalue weighted by Gasteiger charge is 2.42. The van der Waals surface area contributed by atoms with Gasteiger partial charge < -0.3 is 15.5 Å². The van der Waals surface area contributed by atoms with Crippen LogP contribution in [0.2, 0.25) is 0 Å². The molecule has 0 unspecified atom stereocenters. The highest BCUT2D eigenvalue weighted by Crippen LogP contribution is 2.43. The van der Waals surface area contributed by atoms with Crippen LogP contribution in [-0.2, 0) is 4.79 Å². The molecule has 7 heteroatoms. The Hall–Kier alpha value is -3.35. The van der Waals surface area contributed by atoms with Crippen molar-refractivity contribution < 1.29 is 9.59 Å². The highest BCUT2D eigenvalue weighted by atomic mass is 16.2. The summed E-state index contributed by atoms with van der Waals surface area (Å²) in [7, 11) is 0. The molecule has 1 saturated carbocycles. The molecule has 0 radical (unpaired) electrons. The molecule has 2 aromatic carbocycles. The van der Waals surface area contributed by atoms with E-state index in [9.17, 15) is 9.59 Å². The van der Waals surface area contributed by atoms with Gasteiger partial charge in [0.15, 0.2) is 0 Å². The zero-order chi connectivity index (χ0) is 21.9. The van der Waals surface area contributed by atoms with Crippen molar-refractivity contribution in [3.8, 4) is 0 Å². The molecule has 2 aliphatic heterocycles. The largest absolute Gasteiger partial charge is 0.352 e. The summed E-state index contributed by atoms with van der Waals surface area (Å²) in [5, 5.41) is 13.0. The molecule has 1 aromatic heterocycles. The van der Waals surface area contributed by atoms with Gasteiger partial charge in [0.25, 0.3) is 5.91 Å². The van der Waals surface area contributed by atoms with E-state index in [1.54, 1.807) is 0 Å². The summed E-state index contributed by atoms with van der Waals surface area (Å²) in [6.07, 6.45) is 8.98. The Kier molecular flexibility index (Phi) is 4.28. The molecule has 7 nitrogen and oxygen atoms in total. The number of nitrogens with one attached hydrogen (secondary N) is 2. The number of carbonyl (C=O) groups is 2. The first-order valence-electron chi connectivity index (χ1n) is 11.5. The quantitative estimate of drug-likeness (QED) is 0.630. The van der Waals surface area contributed by atoms with E-state index in [-0.39, 0.29) is 11.3 Å². The fourth-order valence-electron chi connectivity index (χ4n) is 5.39. The number of likely N-dealkylation sites (tertiary alicyclic amines) is 1. The van der Waals surface area contributed by atoms with Gasteiger partial charge in [0, 0.05) is 52.4 Å². The number of rotatable bonds is 4. The van der Waals surface area contributed by atoms with Crippen LogP contribution in [0.1, 0.15) is 55.4 Å². The van der Waals surface area contributed by atoms with Crippen molar-refractivity contribution in [1.29, 1.82) is 0 Å². The third-order valence-corrected chi connectivity index (χ3v) is 7.51. The second-order valence-electron chi connectivity index (χ2n) is 9.61. The lowest BCUT2D eigenvalue weighted by molar-refractivity contribution is -0.147. The molecule has 3 aromatic rings. The average molecular weight is 430 g/mol. The summed E-state index contributed by atoms with van der Waals surface area (Å²) in [5.74, 6) is 0.289. The molecule has 0 atom stereocenters. The lowest BCUT2D eigenvalue weighted by atomic mass is 9.69. The Bertz CT molecular complexity index is 1230. The van der Waals surface area contributed by atoms with Crippen molar-refractivity contribution >= 4 is 39.6 Å². The summed E-state index contributed by atoms with van der Waals surface area (Å²) >= 11 is 0. The van der Waals surface area contributed by atoms with Crippen LogP contribution in [0.4, 0.5) is 17.1 Å². The number of piperidine rings is 1. The summed E-state index contributed by atoms with van der Waals surface area (Å²) in [6, 6.07) is 10.1. The number of hydrogen-bond acceptors (Lipinski definition) is 4. The van der Waals surface area contributed by atoms with Gasteiger partial charge in [-0.2, -0.15) is 5.10 Å². The van der Waals surface area contributed by atoms with Gasteiger partial charge >= 0.3 is 0 Å². The molecule has 2 amide bonds. The molecule has 0 bridgehead atoms. The van der Waals surface area contributed by atoms with Crippen LogP contribution in [0.15, 0.2) is 42.7 Å². The van der Waals surface area contributed by atoms with Crippen LogP contribution in [0.5, 0.6) is 0 Å². The maximum absolute atomic E-state index is 12.8. The van der Waals surface area contributed by atoms with Gasteiger partial charge in [-0.1, -0.05) is 25.5 Å². The van der Waals surface area contributed by atoms with Crippen LogP contribution in [0, 0.1) is 5.41 Å². The Balaban J connectivity index is 1.16. The second-order valence-corrected chi connectivity index (χ2v) is 9.61. The molecule has 3 heterocycles. The van der Waals surface area contributed by atoms with Crippen molar-refractivity contribution in [2.75, 3.05) is 23.7 Å². The molecular formula is C25H27N5O2. The predicted octanol–water partition coefficient (Wildman–Crippen LogP) is 4.70. The third kappa shape index (κ3) is 2.98. The zero-order valence-corrected chi connectivity index (χ0v) is 18.2. The fourth-order valence-corrected chi connectivity index (χ4v) is 5.39. The number of carbonyl (C=O) groups excluding carboxylic acids is 2. The van der Waals surface area contributed by atoms with Crippen molar-refractivity contribution in [2.45, 2.75) is 45.1 Å². The van der Waals surface area contributed by atoms with Gasteiger partial charge in [0.1, 0.15) is 0 Å². The number of hydrogen-bond donors (Lipinski definition) is 2. The molecular weight excluding hydrogens is 402 g/mol. The van der Waals surface area contributed by atoms with Gasteiger partial charge in [0.05, 0.1) is 17.9 Å². The monoisotopic (exact) mass is 429 g/mol. The summed E-state index contributed by atoms with van der Waals surface area (Å²) in [5.41, 5.74) is 3.34. The molecule has 2 N–H and O–H groups in total. The van der Waals surface area contributed by atoms with Crippen molar-refractivity contribution in [2.24, 2.45) is 5.41 Å². The Labute approximate surface area is 186 Å². The van der Waals surface area contributed by atoms with Crippen LogP contribution in [0.25, 0.3) is 10.8 Å². The first-order chi connectivity index (χ1) is 15.5. The van der Waals surface area contributed by atoms with E-state index in [0.717, 1.165) is 66.6 Å². The molecule has 0 spiro atoms. The normalized spacial score (nSPS) is 19.7. The first kappa shape index (κ1) is 19.3. The smallest absolute Gasteiger partial charge is 0.256 e. The predicted molar refractivity (Wildman–Crippen MR) is 124 cm³/mol. The third-order valence-electron chi connectivity index (χ3n) is 7.51. The SMILES string of the molecule is CC1(C(=O)N2CCC(n3cc(Nc4ccc5c6c(cccc46)C(=O)N5)cn3)CC2)CCC1. The summed E-state index contributed by atoms with van der Waals surface area (Å²) < 4.78 is 2.03. The van der Waals surface area contributed by atoms with Gasteiger partial charge in [-0.3, -0.25) is 14.3 Å². The fraction of sp³-hybridized carbons (Fsp3) is 0.400. The summed E-state index contributed by atoms with van der Waals surface area (Å²) in [6.45, 7) is 3.72. The van der Waals surface area contributed by atoms with E-state index in [1.807, 2.05) is 47.4 Å². The van der Waals surface area contributed by atoms with Crippen LogP contribution in [-0.4, -0.2) is 39.6 Å². The van der Waals surface area contributed by atoms with Crippen molar-refractivity contribution in [3.05, 3.63) is 48.3 Å². The van der Waals surface area contributed by atoms with Gasteiger partial charge in [-0.25, -0.2) is 0 Å². The maximum atomic E-state index is 12.8. The lowest BCUT2D eigenvalue weighted by Crippen LogP contribution is -2.49. The topological polar surface area (TPSA) is 79.3 Å². The zero-order valence-electron chi connectivity index (χ0n) is 18.2. The number of benzene rings is 2. The van der Waals surface area contributed by atoms with E-state index < -0.39 is 0 Å². The van der Waals surface area contributed by atoms with Crippen LogP contribution >= 0.6 is 0 Å². The Morgan fingerprint density at radius 3 is 2.75 bits per heavy atom. The van der Waals surface area contributed by atoms with E-state index in [1.165, 1.54) is 6.42 Å². The number of amides is 2. The van der Waals surface area contributed by atoms with Gasteiger partial charge in [0.2, 0.25) is 5.91 Å². The lowest BCUT2D eigenvalue weighted by Gasteiger charge is -2.43. The number of nitrogens with zero attached hydrogens (tertiary/aromatic N) is 3. The van der Waals surface area contributed by atoms with E-state index in [4.69, 9.17) is 0 Å². The standard InChI is InChI=1S/C25H27N5O2/c1-25(10-3-11-25)24(32)29-12-8-17(9-13-29)30-15-16(14-26-30)27-20-6-7-21-22-18(20)4-2-5-19(22)23(31)28-21/h2,4-7,14-15,17,27H,3,8-13H2,1H3,(H,28,31). The number of aromatic nitrogens is 2. The minimum Gasteiger partial charge on any atom is -0.352 e. The summed E-state index contributed by atoms with van der Waals surface area (Å²) in [4.78, 5) is 27.0. The average Bonchev–Trinajstić information content (AvgIpc) is 3.39. The van der Waals surface area contributed by atoms with E-state index >= 15 is 0 Å². The van der Waals surface area contributed by atoms with Gasteiger partial charge in [-0.05, 0) is 43.9 Å². The number of anilines is 3. The minimum atomic E-state index is -0.116. The van der Waals surface area contributed by atoms with E-state index in [0.29, 0.717) is 17.5 Å².